The van der Waals surface area contributed by atoms with E-state index in [0.717, 1.165) is 0 Å². The van der Waals surface area contributed by atoms with E-state index in [2.05, 4.69) is 11.8 Å². The highest BCUT2D eigenvalue weighted by Gasteiger charge is 1.71. The van der Waals surface area contributed by atoms with Gasteiger partial charge in [0.2, 0.25) is 0 Å². The van der Waals surface area contributed by atoms with E-state index in [1.54, 1.807) is 24.3 Å². The van der Waals surface area contributed by atoms with Crippen LogP contribution in [0.2, 0.25) is 0 Å². The fourth-order valence-corrected chi connectivity index (χ4v) is 0.675. The molecule has 0 saturated heterocycles. The predicted octanol–water partition coefficient (Wildman–Crippen LogP) is 1.56. The number of benzene rings is 1. The van der Waals surface area contributed by atoms with Crippen molar-refractivity contribution in [3.05, 3.63) is 48.2 Å². The van der Waals surface area contributed by atoms with E-state index in [1.807, 2.05) is 0 Å². The third kappa shape index (κ3) is 1.19. The lowest BCUT2D eigenvalue weighted by molar-refractivity contribution is 1.60. The molecule has 1 aromatic carbocycles. The maximum atomic E-state index is 6.78. The highest BCUT2D eigenvalue weighted by Crippen LogP contribution is 2.01. The van der Waals surface area contributed by atoms with Crippen LogP contribution in [0.15, 0.2) is 24.3 Å². The SMILES string of the molecule is [C-]#Cc1cccc(C#[C-])c1. The van der Waals surface area contributed by atoms with E-state index in [0.29, 0.717) is 11.1 Å². The van der Waals surface area contributed by atoms with Crippen molar-refractivity contribution in [2.24, 2.45) is 0 Å². The summed E-state index contributed by atoms with van der Waals surface area (Å²) in [6, 6.07) is 6.97. The Morgan fingerprint density at radius 3 is 1.90 bits per heavy atom. The zero-order chi connectivity index (χ0) is 7.40. The summed E-state index contributed by atoms with van der Waals surface area (Å²) in [5.41, 5.74) is 1.36. The molecule has 0 radical (unpaired) electrons. The summed E-state index contributed by atoms with van der Waals surface area (Å²) in [4.78, 5) is 0. The monoisotopic (exact) mass is 124 g/mol. The van der Waals surface area contributed by atoms with Crippen LogP contribution in [0.4, 0.5) is 0 Å². The van der Waals surface area contributed by atoms with Crippen LogP contribution in [0.5, 0.6) is 0 Å². The van der Waals surface area contributed by atoms with Crippen molar-refractivity contribution in [2.45, 2.75) is 0 Å². The highest BCUT2D eigenvalue weighted by molar-refractivity contribution is 5.39. The van der Waals surface area contributed by atoms with Gasteiger partial charge < -0.3 is 12.8 Å². The molecule has 0 nitrogen and oxygen atoms in total. The molecule has 0 fully saturated rings. The molecule has 0 aliphatic heterocycles. The first kappa shape index (κ1) is 6.46. The van der Waals surface area contributed by atoms with Gasteiger partial charge in [0, 0.05) is 0 Å². The molecule has 0 aliphatic carbocycles. The highest BCUT2D eigenvalue weighted by atomic mass is 13.9. The summed E-state index contributed by atoms with van der Waals surface area (Å²) in [5.74, 6) is 4.46. The van der Waals surface area contributed by atoms with Crippen LogP contribution in [0.3, 0.4) is 0 Å². The average molecular weight is 124 g/mol. The van der Waals surface area contributed by atoms with Gasteiger partial charge in [-0.3, -0.25) is 11.8 Å². The van der Waals surface area contributed by atoms with Crippen molar-refractivity contribution in [3.8, 4) is 11.8 Å². The van der Waals surface area contributed by atoms with Gasteiger partial charge in [0.15, 0.2) is 0 Å². The van der Waals surface area contributed by atoms with E-state index in [9.17, 15) is 0 Å². The Morgan fingerprint density at radius 1 is 1.00 bits per heavy atom. The Hall–Kier alpha value is -1.66. The number of rotatable bonds is 0. The van der Waals surface area contributed by atoms with Gasteiger partial charge in [-0.05, 0) is 0 Å². The Balaban J connectivity index is 3.17. The summed E-state index contributed by atoms with van der Waals surface area (Å²) >= 11 is 0. The Labute approximate surface area is 60.9 Å². The first-order valence-electron chi connectivity index (χ1n) is 2.82. The van der Waals surface area contributed by atoms with Crippen molar-refractivity contribution in [2.75, 3.05) is 0 Å². The van der Waals surface area contributed by atoms with Crippen molar-refractivity contribution >= 4 is 0 Å². The number of hydrogen-bond acceptors (Lipinski definition) is 0. The summed E-state index contributed by atoms with van der Waals surface area (Å²) in [5, 5.41) is 0. The summed E-state index contributed by atoms with van der Waals surface area (Å²) < 4.78 is 0. The summed E-state index contributed by atoms with van der Waals surface area (Å²) in [7, 11) is 0. The summed E-state index contributed by atoms with van der Waals surface area (Å²) in [6.07, 6.45) is 13.6. The van der Waals surface area contributed by atoms with Crippen molar-refractivity contribution in [3.63, 3.8) is 0 Å². The van der Waals surface area contributed by atoms with Crippen LogP contribution in [0, 0.1) is 24.7 Å². The third-order valence-corrected chi connectivity index (χ3v) is 1.15. The fourth-order valence-electron chi connectivity index (χ4n) is 0.675. The van der Waals surface area contributed by atoms with E-state index in [-0.39, 0.29) is 0 Å². The quantitative estimate of drug-likeness (QED) is 0.363. The minimum absolute atomic E-state index is 0.678. The standard InChI is InChI=1S/C10H4/c1-3-9-6-5-7-10(4-2)8-9/h5-8H/q-2. The van der Waals surface area contributed by atoms with Crippen LogP contribution < -0.4 is 0 Å². The van der Waals surface area contributed by atoms with E-state index >= 15 is 0 Å². The molecule has 0 heteroatoms. The van der Waals surface area contributed by atoms with Gasteiger partial charge in [0.25, 0.3) is 0 Å². The molecule has 0 aromatic heterocycles. The molecule has 0 aliphatic rings. The molecule has 1 aromatic rings. The maximum Gasteiger partial charge on any atom is -0.0956 e. The van der Waals surface area contributed by atoms with E-state index < -0.39 is 0 Å². The lowest BCUT2D eigenvalue weighted by Crippen LogP contribution is -1.75. The normalized spacial score (nSPS) is 7.80. The van der Waals surface area contributed by atoms with Crippen LogP contribution in [-0.4, -0.2) is 0 Å². The molecule has 0 bridgehead atoms. The molecular formula is C10H4-2. The lowest BCUT2D eigenvalue weighted by Gasteiger charge is -2.05. The Morgan fingerprint density at radius 2 is 1.50 bits per heavy atom. The van der Waals surface area contributed by atoms with E-state index in [1.165, 1.54) is 0 Å². The van der Waals surface area contributed by atoms with Gasteiger partial charge in [0.05, 0.1) is 0 Å². The molecule has 0 unspecified atom stereocenters. The van der Waals surface area contributed by atoms with Gasteiger partial charge in [0.1, 0.15) is 0 Å². The fraction of sp³-hybridized carbons (Fsp3) is 0. The van der Waals surface area contributed by atoms with Gasteiger partial charge >= 0.3 is 0 Å². The predicted molar refractivity (Wildman–Crippen MR) is 38.9 cm³/mol. The molecule has 0 spiro atoms. The molecule has 46 valence electrons. The lowest BCUT2D eigenvalue weighted by atomic mass is 10.1. The smallest absolute Gasteiger partial charge is 0.0956 e. The molecule has 0 heterocycles. The van der Waals surface area contributed by atoms with Crippen LogP contribution >= 0.6 is 0 Å². The van der Waals surface area contributed by atoms with Crippen molar-refractivity contribution in [1.82, 2.24) is 0 Å². The van der Waals surface area contributed by atoms with Crippen LogP contribution in [0.1, 0.15) is 11.1 Å². The molecule has 0 amide bonds. The zero-order valence-electron chi connectivity index (χ0n) is 5.31. The van der Waals surface area contributed by atoms with Crippen molar-refractivity contribution < 1.29 is 0 Å². The second-order valence-electron chi connectivity index (χ2n) is 1.83. The van der Waals surface area contributed by atoms with Gasteiger partial charge in [-0.25, -0.2) is 0 Å². The topological polar surface area (TPSA) is 0 Å². The van der Waals surface area contributed by atoms with Gasteiger partial charge in [-0.2, -0.15) is 6.07 Å². The Kier molecular flexibility index (Phi) is 1.78. The Bertz CT molecular complexity index is 278. The second kappa shape index (κ2) is 2.76. The average Bonchev–Trinajstić information content (AvgIpc) is 2.05. The first-order valence-corrected chi connectivity index (χ1v) is 2.82. The zero-order valence-corrected chi connectivity index (χ0v) is 5.31. The van der Waals surface area contributed by atoms with Crippen LogP contribution in [-0.2, 0) is 0 Å². The minimum atomic E-state index is 0.678. The largest absolute Gasteiger partial charge is 0.366 e. The molecule has 0 saturated carbocycles. The molecule has 1 rings (SSSR count). The van der Waals surface area contributed by atoms with Crippen LogP contribution in [0.25, 0.3) is 0 Å². The molecule has 10 heavy (non-hydrogen) atoms. The second-order valence-corrected chi connectivity index (χ2v) is 1.83. The van der Waals surface area contributed by atoms with Gasteiger partial charge in [-0.1, -0.05) is 6.07 Å². The minimum Gasteiger partial charge on any atom is -0.366 e. The summed E-state index contributed by atoms with van der Waals surface area (Å²) in [6.45, 7) is 0. The maximum absolute atomic E-state index is 6.78. The molecule has 0 N–H and O–H groups in total. The third-order valence-electron chi connectivity index (χ3n) is 1.15. The van der Waals surface area contributed by atoms with Gasteiger partial charge in [-0.15, -0.1) is 23.3 Å². The first-order chi connectivity index (χ1) is 4.86. The number of hydrogen-bond donors (Lipinski definition) is 0. The van der Waals surface area contributed by atoms with Crippen molar-refractivity contribution in [1.29, 1.82) is 0 Å². The van der Waals surface area contributed by atoms with E-state index in [4.69, 9.17) is 12.8 Å². The molecule has 0 atom stereocenters. The molecular weight excluding hydrogens is 120 g/mol.